The number of aliphatic hydroxyl groups is 1. The topological polar surface area (TPSA) is 58.4 Å². The number of carbonyl (C=O) groups is 1. The number of fused-ring (bicyclic) bond motifs is 1. The van der Waals surface area contributed by atoms with Crippen LogP contribution >= 0.6 is 0 Å². The zero-order valence-corrected chi connectivity index (χ0v) is 12.3. The zero-order valence-electron chi connectivity index (χ0n) is 12.3. The van der Waals surface area contributed by atoms with E-state index < -0.39 is 6.10 Å². The van der Waals surface area contributed by atoms with Gasteiger partial charge in [-0.1, -0.05) is 25.0 Å². The molecule has 1 heterocycles. The molecule has 0 bridgehead atoms. The van der Waals surface area contributed by atoms with Crippen molar-refractivity contribution in [1.29, 1.82) is 0 Å². The molecule has 0 aliphatic heterocycles. The van der Waals surface area contributed by atoms with Gasteiger partial charge >= 0.3 is 0 Å². The Morgan fingerprint density at radius 2 is 2.14 bits per heavy atom. The van der Waals surface area contributed by atoms with E-state index >= 15 is 0 Å². The second kappa shape index (κ2) is 5.85. The maximum Gasteiger partial charge on any atom is 0.242 e. The average Bonchev–Trinajstić information content (AvgIpc) is 2.90. The van der Waals surface area contributed by atoms with Crippen LogP contribution in [0.3, 0.4) is 0 Å². The van der Waals surface area contributed by atoms with E-state index in [2.05, 4.69) is 4.98 Å². The van der Waals surface area contributed by atoms with Crippen LogP contribution in [-0.2, 0) is 11.3 Å². The second-order valence-electron chi connectivity index (χ2n) is 5.78. The first-order valence-electron chi connectivity index (χ1n) is 7.50. The molecule has 5 heteroatoms. The van der Waals surface area contributed by atoms with Crippen molar-refractivity contribution in [3.05, 3.63) is 30.6 Å². The molecule has 2 aromatic rings. The third kappa shape index (κ3) is 2.78. The van der Waals surface area contributed by atoms with E-state index in [0.29, 0.717) is 0 Å². The van der Waals surface area contributed by atoms with Crippen molar-refractivity contribution < 1.29 is 9.90 Å². The molecule has 1 amide bonds. The van der Waals surface area contributed by atoms with Crippen LogP contribution in [0.25, 0.3) is 11.0 Å². The number of hydrogen-bond donors (Lipinski definition) is 1. The fourth-order valence-electron chi connectivity index (χ4n) is 3.12. The maximum atomic E-state index is 12.5. The quantitative estimate of drug-likeness (QED) is 0.936. The number of nitrogens with zero attached hydrogens (tertiary/aromatic N) is 3. The molecule has 0 spiro atoms. The van der Waals surface area contributed by atoms with Crippen molar-refractivity contribution >= 4 is 16.9 Å². The molecule has 1 saturated carbocycles. The van der Waals surface area contributed by atoms with Gasteiger partial charge in [0.05, 0.1) is 29.5 Å². The monoisotopic (exact) mass is 287 g/mol. The average molecular weight is 287 g/mol. The standard InChI is InChI=1S/C16H21N3O2/c1-18(14-8-4-5-9-15(14)20)16(21)10-19-11-17-12-6-2-3-7-13(12)19/h2-3,6-7,11,14-15,20H,4-5,8-10H2,1H3. The Balaban J connectivity index is 1.73. The highest BCUT2D eigenvalue weighted by molar-refractivity contribution is 5.80. The number of hydrogen-bond acceptors (Lipinski definition) is 3. The second-order valence-corrected chi connectivity index (χ2v) is 5.78. The van der Waals surface area contributed by atoms with E-state index in [0.717, 1.165) is 36.7 Å². The van der Waals surface area contributed by atoms with Gasteiger partial charge in [0.15, 0.2) is 0 Å². The fourth-order valence-corrected chi connectivity index (χ4v) is 3.12. The number of rotatable bonds is 3. The van der Waals surface area contributed by atoms with Gasteiger partial charge in [-0.3, -0.25) is 4.79 Å². The summed E-state index contributed by atoms with van der Waals surface area (Å²) >= 11 is 0. The zero-order chi connectivity index (χ0) is 14.8. The summed E-state index contributed by atoms with van der Waals surface area (Å²) in [6.07, 6.45) is 5.10. The highest BCUT2D eigenvalue weighted by Gasteiger charge is 2.29. The van der Waals surface area contributed by atoms with Crippen LogP contribution in [-0.4, -0.2) is 44.7 Å². The molecule has 1 N–H and O–H groups in total. The molecule has 3 rings (SSSR count). The minimum atomic E-state index is -0.396. The third-order valence-corrected chi connectivity index (χ3v) is 4.42. The predicted molar refractivity (Wildman–Crippen MR) is 80.8 cm³/mol. The van der Waals surface area contributed by atoms with Crippen LogP contribution in [0.15, 0.2) is 30.6 Å². The van der Waals surface area contributed by atoms with Gasteiger partial charge in [0.1, 0.15) is 6.54 Å². The van der Waals surface area contributed by atoms with Crippen molar-refractivity contribution in [3.8, 4) is 0 Å². The summed E-state index contributed by atoms with van der Waals surface area (Å²) < 4.78 is 1.86. The molecule has 1 fully saturated rings. The van der Waals surface area contributed by atoms with E-state index in [1.165, 1.54) is 0 Å². The first-order chi connectivity index (χ1) is 10.2. The minimum absolute atomic E-state index is 0.0177. The van der Waals surface area contributed by atoms with Crippen molar-refractivity contribution in [1.82, 2.24) is 14.5 Å². The SMILES string of the molecule is CN(C(=O)Cn1cnc2ccccc21)C1CCCCC1O. The van der Waals surface area contributed by atoms with Gasteiger partial charge in [0.25, 0.3) is 0 Å². The molecule has 1 aliphatic carbocycles. The first-order valence-corrected chi connectivity index (χ1v) is 7.50. The van der Waals surface area contributed by atoms with Crippen molar-refractivity contribution in [2.24, 2.45) is 0 Å². The molecule has 0 radical (unpaired) electrons. The predicted octanol–water partition coefficient (Wildman–Crippen LogP) is 1.80. The van der Waals surface area contributed by atoms with Gasteiger partial charge in [-0.2, -0.15) is 0 Å². The number of likely N-dealkylation sites (N-methyl/N-ethyl adjacent to an activating group) is 1. The number of aliphatic hydroxyl groups excluding tert-OH is 1. The molecule has 21 heavy (non-hydrogen) atoms. The normalized spacial score (nSPS) is 22.4. The number of benzene rings is 1. The summed E-state index contributed by atoms with van der Waals surface area (Å²) in [6, 6.07) is 7.72. The lowest BCUT2D eigenvalue weighted by molar-refractivity contribution is -0.135. The Kier molecular flexibility index (Phi) is 3.92. The fraction of sp³-hybridized carbons (Fsp3) is 0.500. The molecule has 2 atom stereocenters. The Labute approximate surface area is 124 Å². The van der Waals surface area contributed by atoms with E-state index in [1.807, 2.05) is 28.8 Å². The van der Waals surface area contributed by atoms with Crippen molar-refractivity contribution in [2.45, 2.75) is 44.4 Å². The van der Waals surface area contributed by atoms with E-state index in [1.54, 1.807) is 18.3 Å². The summed E-state index contributed by atoms with van der Waals surface area (Å²) in [4.78, 5) is 18.5. The summed E-state index contributed by atoms with van der Waals surface area (Å²) in [5.74, 6) is 0.0177. The third-order valence-electron chi connectivity index (χ3n) is 4.42. The molecular weight excluding hydrogens is 266 g/mol. The van der Waals surface area contributed by atoms with Crippen molar-refractivity contribution in [2.75, 3.05) is 7.05 Å². The summed E-state index contributed by atoms with van der Waals surface area (Å²) in [5.41, 5.74) is 1.86. The largest absolute Gasteiger partial charge is 0.391 e. The molecular formula is C16H21N3O2. The van der Waals surface area contributed by atoms with E-state index in [4.69, 9.17) is 0 Å². The van der Waals surface area contributed by atoms with Crippen LogP contribution in [0.2, 0.25) is 0 Å². The van der Waals surface area contributed by atoms with Gasteiger partial charge in [-0.15, -0.1) is 0 Å². The van der Waals surface area contributed by atoms with Crippen LogP contribution in [0.4, 0.5) is 0 Å². The number of carbonyl (C=O) groups excluding carboxylic acids is 1. The first kappa shape index (κ1) is 14.1. The lowest BCUT2D eigenvalue weighted by atomic mass is 9.91. The smallest absolute Gasteiger partial charge is 0.242 e. The van der Waals surface area contributed by atoms with Crippen molar-refractivity contribution in [3.63, 3.8) is 0 Å². The number of imidazole rings is 1. The number of para-hydroxylation sites is 2. The molecule has 1 aromatic carbocycles. The minimum Gasteiger partial charge on any atom is -0.391 e. The summed E-state index contributed by atoms with van der Waals surface area (Å²) in [5, 5.41) is 10.1. The Hall–Kier alpha value is -1.88. The van der Waals surface area contributed by atoms with E-state index in [-0.39, 0.29) is 18.5 Å². The summed E-state index contributed by atoms with van der Waals surface area (Å²) in [6.45, 7) is 0.264. The maximum absolute atomic E-state index is 12.5. The molecule has 0 saturated heterocycles. The Bertz CT molecular complexity index is 637. The van der Waals surface area contributed by atoms with Gasteiger partial charge in [0, 0.05) is 7.05 Å². The van der Waals surface area contributed by atoms with Crippen LogP contribution < -0.4 is 0 Å². The van der Waals surface area contributed by atoms with Crippen LogP contribution in [0.1, 0.15) is 25.7 Å². The van der Waals surface area contributed by atoms with Gasteiger partial charge in [-0.05, 0) is 25.0 Å². The van der Waals surface area contributed by atoms with E-state index in [9.17, 15) is 9.90 Å². The molecule has 1 aliphatic rings. The van der Waals surface area contributed by atoms with Crippen LogP contribution in [0.5, 0.6) is 0 Å². The van der Waals surface area contributed by atoms with Gasteiger partial charge in [-0.25, -0.2) is 4.98 Å². The Morgan fingerprint density at radius 3 is 2.95 bits per heavy atom. The lowest BCUT2D eigenvalue weighted by Gasteiger charge is -2.35. The number of amides is 1. The van der Waals surface area contributed by atoms with Gasteiger partial charge < -0.3 is 14.6 Å². The highest BCUT2D eigenvalue weighted by Crippen LogP contribution is 2.23. The molecule has 5 nitrogen and oxygen atoms in total. The molecule has 112 valence electrons. The van der Waals surface area contributed by atoms with Gasteiger partial charge in [0.2, 0.25) is 5.91 Å². The molecule has 1 aromatic heterocycles. The summed E-state index contributed by atoms with van der Waals surface area (Å²) in [7, 11) is 1.79. The Morgan fingerprint density at radius 1 is 1.38 bits per heavy atom. The number of aromatic nitrogens is 2. The highest BCUT2D eigenvalue weighted by atomic mass is 16.3. The van der Waals surface area contributed by atoms with Crippen LogP contribution in [0, 0.1) is 0 Å². The lowest BCUT2D eigenvalue weighted by Crippen LogP contribution is -2.47. The molecule has 2 unspecified atom stereocenters.